The van der Waals surface area contributed by atoms with E-state index >= 15 is 0 Å². The van der Waals surface area contributed by atoms with Crippen LogP contribution in [0.4, 0.5) is 0 Å². The first-order chi connectivity index (χ1) is 16.0. The molecule has 0 fully saturated rings. The molecular weight excluding hydrogens is 444 g/mol. The summed E-state index contributed by atoms with van der Waals surface area (Å²) in [5, 5.41) is 0. The summed E-state index contributed by atoms with van der Waals surface area (Å²) >= 11 is 1.08. The van der Waals surface area contributed by atoms with Gasteiger partial charge in [0.2, 0.25) is 0 Å². The number of hydrogen-bond acceptors (Lipinski definition) is 9. The number of nitrogens with two attached hydrogens (primary N) is 1. The van der Waals surface area contributed by atoms with Crippen molar-refractivity contribution in [3.63, 3.8) is 0 Å². The van der Waals surface area contributed by atoms with Crippen LogP contribution in [0.15, 0.2) is 59.4 Å². The van der Waals surface area contributed by atoms with E-state index in [1.54, 1.807) is 55.9 Å². The summed E-state index contributed by atoms with van der Waals surface area (Å²) in [7, 11) is 1.24. The summed E-state index contributed by atoms with van der Waals surface area (Å²) in [6.07, 6.45) is 7.98. The maximum atomic E-state index is 13.3. The van der Waals surface area contributed by atoms with Crippen LogP contribution in [0.1, 0.15) is 24.0 Å². The lowest BCUT2D eigenvalue weighted by atomic mass is 9.84. The van der Waals surface area contributed by atoms with Crippen molar-refractivity contribution in [1.29, 1.82) is 0 Å². The van der Waals surface area contributed by atoms with Crippen molar-refractivity contribution in [3.05, 3.63) is 85.3 Å². The van der Waals surface area contributed by atoms with Gasteiger partial charge in [-0.3, -0.25) is 19.3 Å². The Morgan fingerprint density at radius 3 is 2.48 bits per heavy atom. The van der Waals surface area contributed by atoms with E-state index in [0.29, 0.717) is 15.7 Å². The Morgan fingerprint density at radius 1 is 1.15 bits per heavy atom. The molecule has 0 saturated heterocycles. The van der Waals surface area contributed by atoms with Gasteiger partial charge >= 0.3 is 11.9 Å². The number of carbonyl (C=O) groups excluding carboxylic acids is 2. The monoisotopic (exact) mass is 464 g/mol. The summed E-state index contributed by atoms with van der Waals surface area (Å²) < 4.78 is 12.0. The summed E-state index contributed by atoms with van der Waals surface area (Å²) in [6.45, 7) is 1.75. The predicted molar refractivity (Wildman–Crippen MR) is 122 cm³/mol. The minimum absolute atomic E-state index is 0.0226. The van der Waals surface area contributed by atoms with Crippen molar-refractivity contribution in [2.24, 2.45) is 5.73 Å². The maximum Gasteiger partial charge on any atom is 0.338 e. The molecule has 0 aromatic carbocycles. The highest BCUT2D eigenvalue weighted by atomic mass is 32.1. The van der Waals surface area contributed by atoms with Crippen molar-refractivity contribution in [3.8, 4) is 0 Å². The molecule has 10 heteroatoms. The normalized spacial score (nSPS) is 15.9. The molecule has 1 aliphatic heterocycles. The van der Waals surface area contributed by atoms with Crippen LogP contribution in [0, 0.1) is 0 Å². The van der Waals surface area contributed by atoms with Crippen LogP contribution < -0.4 is 20.5 Å². The molecule has 0 aliphatic carbocycles. The molecule has 3 aromatic heterocycles. The first-order valence-electron chi connectivity index (χ1n) is 10.0. The molecule has 9 nitrogen and oxygen atoms in total. The molecule has 0 radical (unpaired) electrons. The second kappa shape index (κ2) is 9.21. The maximum absolute atomic E-state index is 13.3. The fourth-order valence-corrected chi connectivity index (χ4v) is 4.82. The van der Waals surface area contributed by atoms with Crippen LogP contribution in [-0.4, -0.2) is 40.2 Å². The molecule has 1 atom stereocenters. The molecule has 0 spiro atoms. The Labute approximate surface area is 192 Å². The van der Waals surface area contributed by atoms with Crippen molar-refractivity contribution >= 4 is 40.7 Å². The van der Waals surface area contributed by atoms with Crippen molar-refractivity contribution in [2.75, 3.05) is 13.7 Å². The molecule has 0 bridgehead atoms. The molecule has 168 valence electrons. The topological polar surface area (TPSA) is 126 Å². The standard InChI is InChI=1S/C23H20N4O5S/c1-3-32-23(30)17-16(14-7-5-9-26-12-14)18(22(29)31-2)21-27(19(17)24)20(28)15(33-21)10-13-6-4-8-25-11-13/h4-12,16H,3,24H2,1-2H3/b15-10+. The number of hydrogen-bond donors (Lipinski definition) is 1. The second-order valence-electron chi connectivity index (χ2n) is 6.99. The predicted octanol–water partition coefficient (Wildman–Crippen LogP) is 0.340. The Balaban J connectivity index is 2.12. The molecule has 33 heavy (non-hydrogen) atoms. The van der Waals surface area contributed by atoms with Crippen LogP contribution in [0.5, 0.6) is 0 Å². The van der Waals surface area contributed by atoms with E-state index < -0.39 is 23.4 Å². The van der Waals surface area contributed by atoms with Gasteiger partial charge in [-0.1, -0.05) is 12.1 Å². The number of thiazole rings is 1. The molecule has 4 rings (SSSR count). The van der Waals surface area contributed by atoms with Gasteiger partial charge in [-0.05, 0) is 36.3 Å². The van der Waals surface area contributed by atoms with Crippen LogP contribution in [-0.2, 0) is 19.1 Å². The number of esters is 2. The number of nitrogens with zero attached hydrogens (tertiary/aromatic N) is 3. The third-order valence-corrected chi connectivity index (χ3v) is 6.16. The number of fused-ring (bicyclic) bond motifs is 1. The largest absolute Gasteiger partial charge is 0.466 e. The minimum Gasteiger partial charge on any atom is -0.466 e. The quantitative estimate of drug-likeness (QED) is 0.536. The molecule has 0 saturated carbocycles. The lowest BCUT2D eigenvalue weighted by Gasteiger charge is -2.26. The highest BCUT2D eigenvalue weighted by Crippen LogP contribution is 2.37. The molecule has 2 N–H and O–H groups in total. The summed E-state index contributed by atoms with van der Waals surface area (Å²) in [5.41, 5.74) is 7.25. The van der Waals surface area contributed by atoms with E-state index in [2.05, 4.69) is 9.97 Å². The third-order valence-electron chi connectivity index (χ3n) is 5.05. The van der Waals surface area contributed by atoms with Crippen molar-refractivity contribution < 1.29 is 19.1 Å². The van der Waals surface area contributed by atoms with E-state index in [1.807, 2.05) is 0 Å². The summed E-state index contributed by atoms with van der Waals surface area (Å²) in [6, 6.07) is 6.94. The molecule has 0 amide bonds. The van der Waals surface area contributed by atoms with Crippen LogP contribution in [0.25, 0.3) is 17.5 Å². The summed E-state index contributed by atoms with van der Waals surface area (Å²) in [5.74, 6) is -2.44. The van der Waals surface area contributed by atoms with Gasteiger partial charge in [-0.25, -0.2) is 9.59 Å². The molecular formula is C23H20N4O5S. The lowest BCUT2D eigenvalue weighted by molar-refractivity contribution is -0.138. The minimum atomic E-state index is -0.922. The molecule has 3 aromatic rings. The van der Waals surface area contributed by atoms with Crippen LogP contribution in [0.3, 0.4) is 0 Å². The average molecular weight is 465 g/mol. The zero-order chi connectivity index (χ0) is 23.5. The fraction of sp³-hybridized carbons (Fsp3) is 0.174. The summed E-state index contributed by atoms with van der Waals surface area (Å²) in [4.78, 5) is 47.5. The number of ether oxygens (including phenoxy) is 2. The van der Waals surface area contributed by atoms with Gasteiger partial charge in [0, 0.05) is 24.8 Å². The number of carbonyl (C=O) groups is 2. The fourth-order valence-electron chi connectivity index (χ4n) is 3.66. The van der Waals surface area contributed by atoms with E-state index in [9.17, 15) is 14.4 Å². The number of aromatic nitrogens is 3. The van der Waals surface area contributed by atoms with Gasteiger partial charge in [0.15, 0.2) is 0 Å². The Bertz CT molecular complexity index is 1420. The second-order valence-corrected chi connectivity index (χ2v) is 8.02. The Hall–Kier alpha value is -4.05. The van der Waals surface area contributed by atoms with E-state index in [4.69, 9.17) is 15.2 Å². The number of rotatable bonds is 5. The average Bonchev–Trinajstić information content (AvgIpc) is 3.15. The Morgan fingerprint density at radius 2 is 1.88 bits per heavy atom. The molecule has 1 unspecified atom stereocenters. The van der Waals surface area contributed by atoms with Crippen LogP contribution in [0.2, 0.25) is 0 Å². The first kappa shape index (κ1) is 22.2. The van der Waals surface area contributed by atoms with Gasteiger partial charge in [0.25, 0.3) is 5.56 Å². The zero-order valence-corrected chi connectivity index (χ0v) is 18.7. The van der Waals surface area contributed by atoms with Crippen molar-refractivity contribution in [1.82, 2.24) is 14.5 Å². The van der Waals surface area contributed by atoms with Gasteiger partial charge in [-0.2, -0.15) is 0 Å². The van der Waals surface area contributed by atoms with Gasteiger partial charge in [-0.15, -0.1) is 11.3 Å². The first-order valence-corrected chi connectivity index (χ1v) is 10.8. The SMILES string of the molecule is CCOC(=O)C1=C(N)n2c(s/c(=C/c3cccnc3)c2=O)=C(C(=O)OC)C1c1cccnc1. The number of pyridine rings is 2. The van der Waals surface area contributed by atoms with Gasteiger partial charge in [0.05, 0.1) is 35.3 Å². The van der Waals surface area contributed by atoms with Crippen molar-refractivity contribution in [2.45, 2.75) is 12.8 Å². The molecule has 1 aliphatic rings. The number of methoxy groups -OCH3 is 1. The van der Waals surface area contributed by atoms with Gasteiger partial charge in [0.1, 0.15) is 10.5 Å². The van der Waals surface area contributed by atoms with E-state index in [1.165, 1.54) is 13.3 Å². The lowest BCUT2D eigenvalue weighted by Crippen LogP contribution is -2.41. The highest BCUT2D eigenvalue weighted by Gasteiger charge is 2.39. The van der Waals surface area contributed by atoms with E-state index in [-0.39, 0.29) is 28.2 Å². The van der Waals surface area contributed by atoms with Gasteiger partial charge < -0.3 is 15.2 Å². The smallest absolute Gasteiger partial charge is 0.338 e. The molecule has 4 heterocycles. The van der Waals surface area contributed by atoms with Crippen LogP contribution >= 0.6 is 11.3 Å². The third kappa shape index (κ3) is 3.96. The zero-order valence-electron chi connectivity index (χ0n) is 17.8. The Kier molecular flexibility index (Phi) is 6.18. The van der Waals surface area contributed by atoms with E-state index in [0.717, 1.165) is 15.9 Å². The highest BCUT2D eigenvalue weighted by molar-refractivity contribution is 7.07.